The predicted octanol–water partition coefficient (Wildman–Crippen LogP) is 0.846. The molecule has 2 aliphatic rings. The molecule has 0 aliphatic carbocycles. The summed E-state index contributed by atoms with van der Waals surface area (Å²) in [5, 5.41) is 41.1. The number of anilines is 4. The lowest BCUT2D eigenvalue weighted by atomic mass is 10.0. The Morgan fingerprint density at radius 2 is 1.01 bits per heavy atom. The van der Waals surface area contributed by atoms with Crippen molar-refractivity contribution >= 4 is 97.9 Å². The number of likely N-dealkylation sites (tertiary alicyclic amines) is 2. The van der Waals surface area contributed by atoms with Crippen molar-refractivity contribution in [2.75, 3.05) is 81.5 Å². The molecule has 81 heavy (non-hydrogen) atoms. The van der Waals surface area contributed by atoms with E-state index in [0.717, 1.165) is 62.6 Å². The van der Waals surface area contributed by atoms with Gasteiger partial charge in [-0.3, -0.25) is 38.8 Å². The van der Waals surface area contributed by atoms with Crippen molar-refractivity contribution in [1.82, 2.24) is 36.1 Å². The number of amides is 6. The number of aromatic nitrogens is 1. The number of aliphatic imine (C=N–C) groups is 2. The maximum absolute atomic E-state index is 14.1. The number of hydrogen-bond acceptors (Lipinski definition) is 15. The van der Waals surface area contributed by atoms with E-state index in [-0.39, 0.29) is 74.5 Å². The SMILES string of the molecule is NCCCC[C@H](NC(=O)c1ccc(Nc2c3ccc(NC(=O)CCN4CCCC4)cc3nc3cc(NC(=O)CCN4CCCC4)ccc23)cc1)C(=O)N[C@@H](CCCN=C(N)N)C(=O)N[C@@H](CO)C(=O)N[C@@H](CCCN=C(N)N)C(=O)O. The van der Waals surface area contributed by atoms with E-state index < -0.39 is 60.4 Å². The molecule has 0 spiro atoms. The van der Waals surface area contributed by atoms with Crippen LogP contribution in [0.25, 0.3) is 21.8 Å². The van der Waals surface area contributed by atoms with Gasteiger partial charge in [-0.05, 0) is 164 Å². The minimum absolute atomic E-state index is 0.0516. The molecule has 438 valence electrons. The summed E-state index contributed by atoms with van der Waals surface area (Å²) >= 11 is 0. The zero-order chi connectivity index (χ0) is 58.3. The zero-order valence-corrected chi connectivity index (χ0v) is 45.7. The largest absolute Gasteiger partial charge is 0.480 e. The number of carbonyl (C=O) groups excluding carboxylic acids is 6. The number of pyridine rings is 1. The van der Waals surface area contributed by atoms with Gasteiger partial charge >= 0.3 is 5.97 Å². The molecule has 2 saturated heterocycles. The molecule has 1 aromatic heterocycles. The number of carboxylic acids is 1. The number of rotatable bonds is 32. The van der Waals surface area contributed by atoms with Crippen molar-refractivity contribution in [1.29, 1.82) is 0 Å². The third-order valence-corrected chi connectivity index (χ3v) is 14.0. The number of nitrogens with two attached hydrogens (primary N) is 5. The lowest BCUT2D eigenvalue weighted by Crippen LogP contribution is -2.58. The van der Waals surface area contributed by atoms with E-state index in [0.29, 0.717) is 79.1 Å². The third-order valence-electron chi connectivity index (χ3n) is 14.0. The van der Waals surface area contributed by atoms with Crippen LogP contribution in [0, 0.1) is 0 Å². The second kappa shape index (κ2) is 31.6. The van der Waals surface area contributed by atoms with E-state index in [2.05, 4.69) is 57.0 Å². The summed E-state index contributed by atoms with van der Waals surface area (Å²) in [5.41, 5.74) is 31.3. The van der Waals surface area contributed by atoms with Gasteiger partial charge in [0, 0.05) is 72.4 Å². The average molecular weight is 1120 g/mol. The minimum atomic E-state index is -1.62. The molecule has 2 aliphatic heterocycles. The highest BCUT2D eigenvalue weighted by Crippen LogP contribution is 2.36. The quantitative estimate of drug-likeness (QED) is 0.0139. The Bertz CT molecular complexity index is 2770. The van der Waals surface area contributed by atoms with E-state index in [1.807, 2.05) is 36.4 Å². The van der Waals surface area contributed by atoms with Crippen LogP contribution in [0.2, 0.25) is 0 Å². The Balaban J connectivity index is 1.18. The van der Waals surface area contributed by atoms with Gasteiger partial charge in [0.1, 0.15) is 24.2 Å². The van der Waals surface area contributed by atoms with Crippen LogP contribution >= 0.6 is 0 Å². The molecule has 26 nitrogen and oxygen atoms in total. The van der Waals surface area contributed by atoms with E-state index in [1.54, 1.807) is 24.3 Å². The summed E-state index contributed by atoms with van der Waals surface area (Å²) in [7, 11) is 0. The number of aliphatic hydroxyl groups excluding tert-OH is 1. The molecular formula is C55H79N17O9. The normalized spacial score (nSPS) is 14.9. The molecule has 3 aromatic carbocycles. The fourth-order valence-electron chi connectivity index (χ4n) is 9.61. The highest BCUT2D eigenvalue weighted by Gasteiger charge is 2.31. The number of aliphatic carboxylic acids is 1. The zero-order valence-electron chi connectivity index (χ0n) is 45.7. The Morgan fingerprint density at radius 1 is 0.568 bits per heavy atom. The number of unbranched alkanes of at least 4 members (excludes halogenated alkanes) is 1. The molecule has 19 N–H and O–H groups in total. The van der Waals surface area contributed by atoms with Crippen LogP contribution in [-0.4, -0.2) is 168 Å². The summed E-state index contributed by atoms with van der Waals surface area (Å²) in [4.78, 5) is 111. The molecule has 2 fully saturated rings. The first kappa shape index (κ1) is 62.0. The van der Waals surface area contributed by atoms with Crippen LogP contribution in [0.5, 0.6) is 0 Å². The molecule has 6 amide bonds. The first-order chi connectivity index (χ1) is 39.0. The number of carboxylic acid groups (broad SMARTS) is 1. The summed E-state index contributed by atoms with van der Waals surface area (Å²) in [6, 6.07) is 12.1. The molecule has 0 unspecified atom stereocenters. The number of nitrogens with zero attached hydrogens (tertiary/aromatic N) is 5. The Labute approximate surface area is 470 Å². The van der Waals surface area contributed by atoms with Crippen LogP contribution < -0.4 is 65.9 Å². The number of hydrogen-bond donors (Lipinski definition) is 14. The maximum atomic E-state index is 14.1. The molecular weight excluding hydrogens is 1040 g/mol. The summed E-state index contributed by atoms with van der Waals surface area (Å²) < 4.78 is 0. The van der Waals surface area contributed by atoms with Crippen LogP contribution in [0.4, 0.5) is 22.7 Å². The van der Waals surface area contributed by atoms with Gasteiger partial charge in [-0.1, -0.05) is 0 Å². The van der Waals surface area contributed by atoms with Gasteiger partial charge in [-0.2, -0.15) is 0 Å². The van der Waals surface area contributed by atoms with E-state index in [1.165, 1.54) is 0 Å². The van der Waals surface area contributed by atoms with Crippen LogP contribution in [-0.2, 0) is 28.8 Å². The van der Waals surface area contributed by atoms with Crippen molar-refractivity contribution < 1.29 is 43.8 Å². The van der Waals surface area contributed by atoms with Crippen molar-refractivity contribution in [3.63, 3.8) is 0 Å². The first-order valence-electron chi connectivity index (χ1n) is 27.7. The monoisotopic (exact) mass is 1120 g/mol. The predicted molar refractivity (Wildman–Crippen MR) is 311 cm³/mol. The van der Waals surface area contributed by atoms with Crippen molar-refractivity contribution in [2.24, 2.45) is 38.7 Å². The van der Waals surface area contributed by atoms with Gasteiger partial charge in [0.15, 0.2) is 11.9 Å². The van der Waals surface area contributed by atoms with Crippen LogP contribution in [0.1, 0.15) is 93.8 Å². The minimum Gasteiger partial charge on any atom is -0.480 e. The summed E-state index contributed by atoms with van der Waals surface area (Å²) in [6.45, 7) is 4.89. The summed E-state index contributed by atoms with van der Waals surface area (Å²) in [5.74, 6) is -5.19. The number of fused-ring (bicyclic) bond motifs is 2. The highest BCUT2D eigenvalue weighted by molar-refractivity contribution is 6.11. The maximum Gasteiger partial charge on any atom is 0.326 e. The number of guanidine groups is 2. The molecule has 4 atom stereocenters. The summed E-state index contributed by atoms with van der Waals surface area (Å²) in [6.07, 6.45) is 6.58. The van der Waals surface area contributed by atoms with Crippen LogP contribution in [0.15, 0.2) is 70.6 Å². The average Bonchev–Trinajstić information content (AvgIpc) is 4.34. The molecule has 0 radical (unpaired) electrons. The van der Waals surface area contributed by atoms with Crippen LogP contribution in [0.3, 0.4) is 0 Å². The van der Waals surface area contributed by atoms with Gasteiger partial charge in [0.2, 0.25) is 29.5 Å². The molecule has 0 bridgehead atoms. The van der Waals surface area contributed by atoms with Gasteiger partial charge < -0.3 is 85.9 Å². The standard InChI is InChI=1S/C55H79N17O9/c56-22-2-1-9-40(50(77)68-41(10-7-23-61-54(57)58)51(78)70-45(33-73)52(79)69-42(53(80)81)11-8-24-62-55(59)60)67-49(76)34-12-14-35(15-13-34)65-48-38-18-16-36(63-46(74)20-29-71-25-3-4-26-71)31-43(38)66-44-32-37(17-19-39(44)48)64-47(75)21-30-72-27-5-6-28-72/h12-19,31-32,40-42,45,73H,1-11,20-30,33,56H2,(H,63,74)(H,64,75)(H,65,66)(H,67,76)(H,68,77)(H,69,79)(H,70,78)(H,80,81)(H4,57,58,61)(H4,59,60,62)/t40-,41-,42-,45-/m0/s1. The third kappa shape index (κ3) is 19.8. The Kier molecular flexibility index (Phi) is 24.2. The van der Waals surface area contributed by atoms with Gasteiger partial charge in [0.25, 0.3) is 5.91 Å². The fourth-order valence-corrected chi connectivity index (χ4v) is 9.61. The fraction of sp³-hybridized carbons (Fsp3) is 0.491. The Hall–Kier alpha value is -8.20. The van der Waals surface area contributed by atoms with Gasteiger partial charge in [0.05, 0.1) is 23.3 Å². The Morgan fingerprint density at radius 3 is 1.49 bits per heavy atom. The molecule has 0 saturated carbocycles. The molecule has 26 heteroatoms. The number of benzene rings is 3. The van der Waals surface area contributed by atoms with Crippen molar-refractivity contribution in [3.8, 4) is 0 Å². The van der Waals surface area contributed by atoms with E-state index in [9.17, 15) is 43.8 Å². The van der Waals surface area contributed by atoms with E-state index in [4.69, 9.17) is 33.7 Å². The van der Waals surface area contributed by atoms with Crippen molar-refractivity contribution in [2.45, 2.75) is 108 Å². The van der Waals surface area contributed by atoms with Gasteiger partial charge in [-0.15, -0.1) is 0 Å². The lowest BCUT2D eigenvalue weighted by molar-refractivity contribution is -0.142. The van der Waals surface area contributed by atoms with Crippen molar-refractivity contribution in [3.05, 3.63) is 66.2 Å². The smallest absolute Gasteiger partial charge is 0.326 e. The lowest BCUT2D eigenvalue weighted by Gasteiger charge is -2.25. The molecule has 6 rings (SSSR count). The number of nitrogens with one attached hydrogen (secondary N) is 7. The highest BCUT2D eigenvalue weighted by atomic mass is 16.4. The molecule has 3 heterocycles. The first-order valence-corrected chi connectivity index (χ1v) is 27.7. The number of aliphatic hydroxyl groups is 1. The number of carbonyl (C=O) groups is 7. The second-order valence-electron chi connectivity index (χ2n) is 20.3. The molecule has 4 aromatic rings. The van der Waals surface area contributed by atoms with E-state index >= 15 is 0 Å². The van der Waals surface area contributed by atoms with Gasteiger partial charge in [-0.25, -0.2) is 9.78 Å². The topological polar surface area (TPSA) is 418 Å². The second-order valence-corrected chi connectivity index (χ2v) is 20.3.